The third-order valence-corrected chi connectivity index (χ3v) is 6.52. The highest BCUT2D eigenvalue weighted by atomic mass is 16.7. The molecule has 0 fully saturated rings. The van der Waals surface area contributed by atoms with Crippen LogP contribution in [0, 0.1) is 0 Å². The van der Waals surface area contributed by atoms with Gasteiger partial charge in [-0.05, 0) is 84.0 Å². The van der Waals surface area contributed by atoms with Crippen LogP contribution in [0.15, 0.2) is 73.3 Å². The third kappa shape index (κ3) is 6.74. The monoisotopic (exact) mass is 546 g/mol. The smallest absolute Gasteiger partial charge is 0.463 e. The van der Waals surface area contributed by atoms with Crippen molar-refractivity contribution in [2.45, 2.75) is 38.4 Å². The van der Waals surface area contributed by atoms with E-state index in [2.05, 4.69) is 6.58 Å². The van der Waals surface area contributed by atoms with Gasteiger partial charge in [-0.1, -0.05) is 31.7 Å². The molecular weight excluding hydrogens is 516 g/mol. The number of carbonyl (C=O) groups excluding carboxylic acids is 3. The molecule has 208 valence electrons. The molecule has 0 saturated heterocycles. The highest BCUT2D eigenvalue weighted by Crippen LogP contribution is 2.48. The fraction of sp³-hybridized carbons (Fsp3) is 0.258. The summed E-state index contributed by atoms with van der Waals surface area (Å²) in [5.74, 6) is -0.444. The van der Waals surface area contributed by atoms with E-state index in [1.165, 1.54) is 24.3 Å². The van der Waals surface area contributed by atoms with E-state index in [1.54, 1.807) is 12.1 Å². The molecule has 1 aliphatic rings. The number of hydrogen-bond donors (Lipinski definition) is 2. The van der Waals surface area contributed by atoms with Crippen LogP contribution in [0.3, 0.4) is 0 Å². The second kappa shape index (κ2) is 13.1. The molecule has 0 spiro atoms. The van der Waals surface area contributed by atoms with Gasteiger partial charge in [-0.25, -0.2) is 14.4 Å². The van der Waals surface area contributed by atoms with Gasteiger partial charge in [0.05, 0.1) is 18.8 Å². The fourth-order valence-electron chi connectivity index (χ4n) is 4.56. The first kappa shape index (κ1) is 28.5. The van der Waals surface area contributed by atoms with Crippen molar-refractivity contribution in [2.24, 2.45) is 0 Å². The molecule has 1 atom stereocenters. The number of rotatable bonds is 11. The second-order valence-electron chi connectivity index (χ2n) is 9.12. The lowest BCUT2D eigenvalue weighted by atomic mass is 9.93. The quantitative estimate of drug-likeness (QED) is 0.0807. The van der Waals surface area contributed by atoms with Gasteiger partial charge in [-0.2, -0.15) is 0 Å². The van der Waals surface area contributed by atoms with E-state index >= 15 is 0 Å². The summed E-state index contributed by atoms with van der Waals surface area (Å²) in [6.07, 6.45) is 0.452. The maximum Gasteiger partial charge on any atom is 0.513 e. The van der Waals surface area contributed by atoms with E-state index in [9.17, 15) is 24.6 Å². The van der Waals surface area contributed by atoms with Crippen LogP contribution >= 0.6 is 0 Å². The Hall–Kier alpha value is -4.47. The predicted molar refractivity (Wildman–Crippen MR) is 145 cm³/mol. The molecule has 3 aromatic carbocycles. The first-order valence-corrected chi connectivity index (χ1v) is 12.9. The zero-order valence-electron chi connectivity index (χ0n) is 22.0. The van der Waals surface area contributed by atoms with Crippen molar-refractivity contribution in [3.63, 3.8) is 0 Å². The number of carbonyl (C=O) groups is 3. The topological polar surface area (TPSA) is 129 Å². The first-order valence-electron chi connectivity index (χ1n) is 12.9. The Bertz CT molecular complexity index is 1390. The van der Waals surface area contributed by atoms with Gasteiger partial charge in [0.25, 0.3) is 0 Å². The van der Waals surface area contributed by atoms with E-state index in [1.807, 2.05) is 31.2 Å². The maximum absolute atomic E-state index is 12.8. The molecule has 0 heterocycles. The number of ether oxygens (including phenoxy) is 4. The number of unbranched alkanes of at least 4 members (excludes halogenated alkanes) is 1. The number of aliphatic hydroxyl groups excluding tert-OH is 1. The zero-order chi connectivity index (χ0) is 28.6. The van der Waals surface area contributed by atoms with E-state index in [-0.39, 0.29) is 30.4 Å². The lowest BCUT2D eigenvalue weighted by Crippen LogP contribution is -2.12. The van der Waals surface area contributed by atoms with E-state index < -0.39 is 24.4 Å². The van der Waals surface area contributed by atoms with Gasteiger partial charge < -0.3 is 29.2 Å². The van der Waals surface area contributed by atoms with Gasteiger partial charge in [0, 0.05) is 17.6 Å². The average molecular weight is 547 g/mol. The van der Waals surface area contributed by atoms with Crippen molar-refractivity contribution in [1.29, 1.82) is 0 Å². The summed E-state index contributed by atoms with van der Waals surface area (Å²) >= 11 is 0. The minimum atomic E-state index is -1.54. The van der Waals surface area contributed by atoms with E-state index in [0.717, 1.165) is 34.8 Å². The number of aliphatic hydroxyl groups is 2. The van der Waals surface area contributed by atoms with Crippen LogP contribution in [0.25, 0.3) is 11.1 Å². The molecule has 2 N–H and O–H groups in total. The van der Waals surface area contributed by atoms with Gasteiger partial charge in [-0.3, -0.25) is 0 Å². The lowest BCUT2D eigenvalue weighted by molar-refractivity contribution is -0.137. The minimum absolute atomic E-state index is 0.0355. The molecule has 0 aromatic heterocycles. The molecule has 0 amide bonds. The molecule has 9 heteroatoms. The Morgan fingerprint density at radius 3 is 2.12 bits per heavy atom. The van der Waals surface area contributed by atoms with Gasteiger partial charge in [-0.15, -0.1) is 0 Å². The summed E-state index contributed by atoms with van der Waals surface area (Å²) < 4.78 is 20.6. The van der Waals surface area contributed by atoms with Crippen LogP contribution in [-0.2, 0) is 14.3 Å². The maximum atomic E-state index is 12.8. The Kier molecular flexibility index (Phi) is 9.31. The van der Waals surface area contributed by atoms with Crippen LogP contribution in [0.4, 0.5) is 4.79 Å². The number of benzene rings is 3. The van der Waals surface area contributed by atoms with Gasteiger partial charge in [0.15, 0.2) is 6.29 Å². The Labute approximate surface area is 231 Å². The molecule has 9 nitrogen and oxygen atoms in total. The number of fused-ring (bicyclic) bond motifs is 3. The zero-order valence-corrected chi connectivity index (χ0v) is 22.0. The van der Waals surface area contributed by atoms with Crippen molar-refractivity contribution in [3.05, 3.63) is 95.6 Å². The molecule has 1 aliphatic carbocycles. The molecule has 0 bridgehead atoms. The molecule has 0 radical (unpaired) electrons. The summed E-state index contributed by atoms with van der Waals surface area (Å²) in [5.41, 5.74) is 4.76. The molecule has 0 saturated carbocycles. The normalized spacial score (nSPS) is 13.2. The molecule has 3 aromatic rings. The first-order chi connectivity index (χ1) is 19.3. The van der Waals surface area contributed by atoms with Crippen LogP contribution in [0.5, 0.6) is 11.5 Å². The van der Waals surface area contributed by atoms with Crippen molar-refractivity contribution < 1.29 is 43.5 Å². The van der Waals surface area contributed by atoms with Crippen molar-refractivity contribution >= 4 is 18.1 Å². The lowest BCUT2D eigenvalue weighted by Gasteiger charge is -2.13. The van der Waals surface area contributed by atoms with Crippen LogP contribution in [0.1, 0.15) is 65.4 Å². The summed E-state index contributed by atoms with van der Waals surface area (Å²) in [6.45, 7) is 5.66. The standard InChI is InChI=1S/C31H30O9/c1-3-23-26-17-20(29(33)34)9-13-24(26)25-14-12-22(18-27(23)25)39-30(35)19-7-10-21(11-8-19)40-31(36)38-16-6-5-15-37-28(32)4-2/h4,7-14,17-18,23,29,33-34H,2-3,5-6,15-16H2,1H3. The minimum Gasteiger partial charge on any atom is -0.463 e. The summed E-state index contributed by atoms with van der Waals surface area (Å²) in [7, 11) is 0. The number of hydrogen-bond acceptors (Lipinski definition) is 9. The van der Waals surface area contributed by atoms with E-state index in [0.29, 0.717) is 24.2 Å². The second-order valence-corrected chi connectivity index (χ2v) is 9.12. The van der Waals surface area contributed by atoms with Gasteiger partial charge >= 0.3 is 18.1 Å². The molecular formula is C31H30O9. The number of esters is 2. The highest BCUT2D eigenvalue weighted by Gasteiger charge is 2.29. The SMILES string of the molecule is C=CC(=O)OCCCCOC(=O)Oc1ccc(C(=O)Oc2ccc3c(c2)C(CC)c2cc(C(O)O)ccc2-3)cc1. The summed E-state index contributed by atoms with van der Waals surface area (Å²) in [4.78, 5) is 35.6. The summed E-state index contributed by atoms with van der Waals surface area (Å²) in [5, 5.41) is 19.2. The predicted octanol–water partition coefficient (Wildman–Crippen LogP) is 5.44. The van der Waals surface area contributed by atoms with Crippen LogP contribution in [0.2, 0.25) is 0 Å². The summed E-state index contributed by atoms with van der Waals surface area (Å²) in [6, 6.07) is 16.8. The highest BCUT2D eigenvalue weighted by molar-refractivity contribution is 5.91. The third-order valence-electron chi connectivity index (χ3n) is 6.52. The molecule has 40 heavy (non-hydrogen) atoms. The Balaban J connectivity index is 1.31. The van der Waals surface area contributed by atoms with E-state index in [4.69, 9.17) is 18.9 Å². The van der Waals surface area contributed by atoms with Crippen LogP contribution < -0.4 is 9.47 Å². The van der Waals surface area contributed by atoms with Gasteiger partial charge in [0.1, 0.15) is 11.5 Å². The van der Waals surface area contributed by atoms with Gasteiger partial charge in [0.2, 0.25) is 0 Å². The van der Waals surface area contributed by atoms with Crippen molar-refractivity contribution in [2.75, 3.05) is 13.2 Å². The Morgan fingerprint density at radius 2 is 1.48 bits per heavy atom. The molecule has 0 aliphatic heterocycles. The largest absolute Gasteiger partial charge is 0.513 e. The molecule has 4 rings (SSSR count). The van der Waals surface area contributed by atoms with Crippen molar-refractivity contribution in [3.8, 4) is 22.6 Å². The average Bonchev–Trinajstić information content (AvgIpc) is 3.26. The van der Waals surface area contributed by atoms with Crippen LogP contribution in [-0.4, -0.2) is 41.5 Å². The molecule has 1 unspecified atom stereocenters. The Morgan fingerprint density at radius 1 is 0.850 bits per heavy atom. The fourth-order valence-corrected chi connectivity index (χ4v) is 4.56. The van der Waals surface area contributed by atoms with Crippen molar-refractivity contribution in [1.82, 2.24) is 0 Å².